The highest BCUT2D eigenvalue weighted by Crippen LogP contribution is 2.42. The lowest BCUT2D eigenvalue weighted by Crippen LogP contribution is -2.54. The van der Waals surface area contributed by atoms with E-state index in [0.717, 1.165) is 24.0 Å². The standard InChI is InChI=1S/C27H24Cl2N2O2/c1-18-6-2-3-7-24(18)20-10-8-19(9-11-20)17-27-12-4-5-13-30(27)26(33)31(25(27)32)23-15-21(28)14-22(29)16-23/h2-3,6-11,14-16H,4-5,12-13,17H2,1H3. The molecule has 0 N–H and O–H groups in total. The molecule has 2 aliphatic rings. The van der Waals surface area contributed by atoms with Crippen LogP contribution in [0.2, 0.25) is 10.0 Å². The number of rotatable bonds is 4. The third-order valence-electron chi connectivity index (χ3n) is 6.77. The van der Waals surface area contributed by atoms with Gasteiger partial charge in [0.1, 0.15) is 5.54 Å². The van der Waals surface area contributed by atoms with Gasteiger partial charge in [-0.15, -0.1) is 0 Å². The van der Waals surface area contributed by atoms with Gasteiger partial charge in [-0.25, -0.2) is 9.69 Å². The number of hydrogen-bond donors (Lipinski definition) is 0. The number of fused-ring (bicyclic) bond motifs is 1. The lowest BCUT2D eigenvalue weighted by atomic mass is 9.81. The van der Waals surface area contributed by atoms with Crippen molar-refractivity contribution in [3.05, 3.63) is 87.9 Å². The third kappa shape index (κ3) is 3.81. The van der Waals surface area contributed by atoms with E-state index in [4.69, 9.17) is 23.2 Å². The lowest BCUT2D eigenvalue weighted by Gasteiger charge is -2.39. The molecule has 168 valence electrons. The molecule has 4 nitrogen and oxygen atoms in total. The fourth-order valence-electron chi connectivity index (χ4n) is 5.15. The second kappa shape index (κ2) is 8.51. The first-order valence-corrected chi connectivity index (χ1v) is 11.9. The summed E-state index contributed by atoms with van der Waals surface area (Å²) in [6.45, 7) is 2.66. The Balaban J connectivity index is 1.49. The molecular weight excluding hydrogens is 455 g/mol. The van der Waals surface area contributed by atoms with E-state index in [1.54, 1.807) is 23.1 Å². The van der Waals surface area contributed by atoms with Crippen LogP contribution < -0.4 is 4.90 Å². The number of imide groups is 1. The fourth-order valence-corrected chi connectivity index (χ4v) is 5.66. The molecule has 3 aromatic carbocycles. The molecule has 5 rings (SSSR count). The van der Waals surface area contributed by atoms with Crippen molar-refractivity contribution in [1.29, 1.82) is 0 Å². The van der Waals surface area contributed by atoms with Gasteiger partial charge in [0.25, 0.3) is 5.91 Å². The predicted molar refractivity (Wildman–Crippen MR) is 133 cm³/mol. The van der Waals surface area contributed by atoms with Crippen molar-refractivity contribution in [3.63, 3.8) is 0 Å². The maximum atomic E-state index is 13.8. The van der Waals surface area contributed by atoms with Crippen LogP contribution in [0.25, 0.3) is 11.1 Å². The van der Waals surface area contributed by atoms with Gasteiger partial charge in [0.2, 0.25) is 0 Å². The van der Waals surface area contributed by atoms with Crippen molar-refractivity contribution >= 4 is 40.8 Å². The summed E-state index contributed by atoms with van der Waals surface area (Å²) >= 11 is 12.3. The number of hydrogen-bond acceptors (Lipinski definition) is 2. The summed E-state index contributed by atoms with van der Waals surface area (Å²) < 4.78 is 0. The highest BCUT2D eigenvalue weighted by Gasteiger charge is 2.58. The predicted octanol–water partition coefficient (Wildman–Crippen LogP) is 6.90. The van der Waals surface area contributed by atoms with Crippen LogP contribution in [-0.2, 0) is 11.2 Å². The monoisotopic (exact) mass is 478 g/mol. The van der Waals surface area contributed by atoms with Gasteiger partial charge in [-0.2, -0.15) is 0 Å². The average Bonchev–Trinajstić information content (AvgIpc) is 3.01. The van der Waals surface area contributed by atoms with Crippen LogP contribution in [0.1, 0.15) is 30.4 Å². The van der Waals surface area contributed by atoms with Gasteiger partial charge >= 0.3 is 6.03 Å². The first-order chi connectivity index (χ1) is 15.9. The molecule has 2 fully saturated rings. The summed E-state index contributed by atoms with van der Waals surface area (Å²) in [5, 5.41) is 0.785. The molecule has 0 aromatic heterocycles. The maximum Gasteiger partial charge on any atom is 0.332 e. The van der Waals surface area contributed by atoms with Gasteiger partial charge in [0.05, 0.1) is 5.69 Å². The van der Waals surface area contributed by atoms with E-state index in [-0.39, 0.29) is 11.9 Å². The second-order valence-electron chi connectivity index (χ2n) is 8.88. The number of amides is 3. The normalized spacial score (nSPS) is 20.3. The smallest absolute Gasteiger partial charge is 0.309 e. The molecular formula is C27H24Cl2N2O2. The number of urea groups is 1. The Morgan fingerprint density at radius 2 is 1.61 bits per heavy atom. The Bertz CT molecular complexity index is 1220. The molecule has 33 heavy (non-hydrogen) atoms. The van der Waals surface area contributed by atoms with Gasteiger partial charge in [0.15, 0.2) is 0 Å². The largest absolute Gasteiger partial charge is 0.332 e. The Hall–Kier alpha value is -2.82. The highest BCUT2D eigenvalue weighted by molar-refractivity contribution is 6.35. The van der Waals surface area contributed by atoms with E-state index < -0.39 is 5.54 Å². The number of nitrogens with zero attached hydrogens (tertiary/aromatic N) is 2. The molecule has 3 amide bonds. The number of anilines is 1. The minimum absolute atomic E-state index is 0.200. The van der Waals surface area contributed by atoms with E-state index in [2.05, 4.69) is 43.3 Å². The van der Waals surface area contributed by atoms with Gasteiger partial charge < -0.3 is 4.90 Å². The maximum absolute atomic E-state index is 13.8. The zero-order valence-corrected chi connectivity index (χ0v) is 19.9. The zero-order valence-electron chi connectivity index (χ0n) is 18.4. The van der Waals surface area contributed by atoms with E-state index in [9.17, 15) is 9.59 Å². The molecule has 0 saturated carbocycles. The highest BCUT2D eigenvalue weighted by atomic mass is 35.5. The zero-order chi connectivity index (χ0) is 23.2. The topological polar surface area (TPSA) is 40.6 Å². The number of aryl methyl sites for hydroxylation is 1. The summed E-state index contributed by atoms with van der Waals surface area (Å²) in [7, 11) is 0. The summed E-state index contributed by atoms with van der Waals surface area (Å²) in [5.41, 5.74) is 4.12. The van der Waals surface area contributed by atoms with Gasteiger partial charge in [-0.3, -0.25) is 4.79 Å². The molecule has 2 aliphatic heterocycles. The van der Waals surface area contributed by atoms with Gasteiger partial charge in [-0.1, -0.05) is 71.7 Å². The third-order valence-corrected chi connectivity index (χ3v) is 7.21. The van der Waals surface area contributed by atoms with Gasteiger partial charge in [0, 0.05) is 23.0 Å². The minimum Gasteiger partial charge on any atom is -0.309 e. The van der Waals surface area contributed by atoms with Crippen molar-refractivity contribution in [2.24, 2.45) is 0 Å². The van der Waals surface area contributed by atoms with Crippen LogP contribution in [-0.4, -0.2) is 28.9 Å². The van der Waals surface area contributed by atoms with Gasteiger partial charge in [-0.05, 0) is 66.6 Å². The summed E-state index contributed by atoms with van der Waals surface area (Å²) in [4.78, 5) is 30.2. The van der Waals surface area contributed by atoms with E-state index in [1.165, 1.54) is 16.0 Å². The van der Waals surface area contributed by atoms with Crippen LogP contribution in [0.3, 0.4) is 0 Å². The second-order valence-corrected chi connectivity index (χ2v) is 9.75. The summed E-state index contributed by atoms with van der Waals surface area (Å²) in [6, 6.07) is 21.1. The number of benzene rings is 3. The Morgan fingerprint density at radius 1 is 0.909 bits per heavy atom. The fraction of sp³-hybridized carbons (Fsp3) is 0.259. The molecule has 0 spiro atoms. The number of carbonyl (C=O) groups is 2. The lowest BCUT2D eigenvalue weighted by molar-refractivity contribution is -0.126. The molecule has 2 saturated heterocycles. The first-order valence-electron chi connectivity index (χ1n) is 11.2. The first kappa shape index (κ1) is 22.0. The molecule has 0 bridgehead atoms. The van der Waals surface area contributed by atoms with E-state index in [0.29, 0.717) is 35.1 Å². The van der Waals surface area contributed by atoms with Crippen LogP contribution in [0.4, 0.5) is 10.5 Å². The Labute approximate surface area is 203 Å². The molecule has 6 heteroatoms. The van der Waals surface area contributed by atoms with Crippen molar-refractivity contribution in [2.45, 2.75) is 38.1 Å². The minimum atomic E-state index is -0.881. The molecule has 0 aliphatic carbocycles. The quantitative estimate of drug-likeness (QED) is 0.382. The molecule has 1 unspecified atom stereocenters. The molecule has 3 aromatic rings. The summed E-state index contributed by atoms with van der Waals surface area (Å²) in [6.07, 6.45) is 2.91. The van der Waals surface area contributed by atoms with Crippen LogP contribution in [0, 0.1) is 6.92 Å². The molecule has 1 atom stereocenters. The van der Waals surface area contributed by atoms with Crippen molar-refractivity contribution in [3.8, 4) is 11.1 Å². The van der Waals surface area contributed by atoms with E-state index >= 15 is 0 Å². The average molecular weight is 479 g/mol. The van der Waals surface area contributed by atoms with E-state index in [1.807, 2.05) is 12.1 Å². The number of carbonyl (C=O) groups excluding carboxylic acids is 2. The van der Waals surface area contributed by atoms with Crippen LogP contribution in [0.15, 0.2) is 66.7 Å². The SMILES string of the molecule is Cc1ccccc1-c1ccc(CC23CCCCN2C(=O)N(c2cc(Cl)cc(Cl)c2)C3=O)cc1. The van der Waals surface area contributed by atoms with Crippen molar-refractivity contribution in [2.75, 3.05) is 11.4 Å². The number of halogens is 2. The molecule has 0 radical (unpaired) electrons. The Morgan fingerprint density at radius 3 is 2.30 bits per heavy atom. The van der Waals surface area contributed by atoms with Crippen molar-refractivity contribution in [1.82, 2.24) is 4.90 Å². The number of piperidine rings is 1. The van der Waals surface area contributed by atoms with Crippen molar-refractivity contribution < 1.29 is 9.59 Å². The Kier molecular flexibility index (Phi) is 5.67. The molecule has 2 heterocycles. The summed E-state index contributed by atoms with van der Waals surface area (Å²) in [5.74, 6) is -0.200. The van der Waals surface area contributed by atoms with Crippen LogP contribution >= 0.6 is 23.2 Å². The van der Waals surface area contributed by atoms with Crippen LogP contribution in [0.5, 0.6) is 0 Å².